The van der Waals surface area contributed by atoms with Gasteiger partial charge in [-0.05, 0) is 5.56 Å². The summed E-state index contributed by atoms with van der Waals surface area (Å²) in [6.07, 6.45) is 4.24. The lowest BCUT2D eigenvalue weighted by Crippen LogP contribution is -2.47. The van der Waals surface area contributed by atoms with Crippen LogP contribution in [0.2, 0.25) is 0 Å². The van der Waals surface area contributed by atoms with Gasteiger partial charge in [-0.25, -0.2) is 15.0 Å². The average Bonchev–Trinajstić information content (AvgIpc) is 3.07. The maximum Gasteiger partial charge on any atom is 0.421 e. The molecule has 1 heterocycles. The smallest absolute Gasteiger partial charge is 0.421 e. The fourth-order valence-electron chi connectivity index (χ4n) is 2.16. The fraction of sp³-hybridized carbons (Fsp3) is 0.294. The van der Waals surface area contributed by atoms with Crippen LogP contribution in [-0.2, 0) is 16.1 Å². The number of amides is 2. The third-order valence-electron chi connectivity index (χ3n) is 3.33. The zero-order valence-electron chi connectivity index (χ0n) is 13.3. The molecule has 2 rings (SSSR count). The van der Waals surface area contributed by atoms with E-state index in [9.17, 15) is 9.59 Å². The summed E-state index contributed by atoms with van der Waals surface area (Å²) in [4.78, 5) is 25.0. The van der Waals surface area contributed by atoms with Gasteiger partial charge in [0, 0.05) is 13.1 Å². The molecule has 0 saturated heterocycles. The van der Waals surface area contributed by atoms with Crippen LogP contribution >= 0.6 is 0 Å². The maximum atomic E-state index is 12.2. The molecule has 0 aromatic heterocycles. The first-order valence-corrected chi connectivity index (χ1v) is 7.61. The summed E-state index contributed by atoms with van der Waals surface area (Å²) in [5.41, 5.74) is 6.06. The lowest BCUT2D eigenvalue weighted by molar-refractivity contribution is 0.0941. The van der Waals surface area contributed by atoms with E-state index in [-0.39, 0.29) is 19.3 Å². The van der Waals surface area contributed by atoms with E-state index in [0.717, 1.165) is 5.56 Å². The number of nitrogens with zero attached hydrogens (tertiary/aromatic N) is 1. The van der Waals surface area contributed by atoms with Gasteiger partial charge < -0.3 is 9.47 Å². The Morgan fingerprint density at radius 1 is 1.29 bits per heavy atom. The molecule has 0 radical (unpaired) electrons. The predicted octanol–water partition coefficient (Wildman–Crippen LogP) is 1.98. The number of hydrazine groups is 1. The minimum Gasteiger partial charge on any atom is -0.445 e. The van der Waals surface area contributed by atoms with Crippen LogP contribution in [-0.4, -0.2) is 42.8 Å². The molecule has 2 amide bonds. The van der Waals surface area contributed by atoms with Crippen molar-refractivity contribution in [1.82, 2.24) is 15.8 Å². The second-order valence-electron chi connectivity index (χ2n) is 5.08. The van der Waals surface area contributed by atoms with Gasteiger partial charge in [-0.2, -0.15) is 0 Å². The fourth-order valence-corrected chi connectivity index (χ4v) is 2.16. The minimum absolute atomic E-state index is 0.134. The summed E-state index contributed by atoms with van der Waals surface area (Å²) < 4.78 is 10.1. The standard InChI is InChI=1S/C17H21N3O4/c1-2-11-23-16(21)19-18-12-15-9-6-10-20(15)17(22)24-13-14-7-4-3-5-8-14/h2-9,15,18H,1,10-13H2,(H,19,21). The molecule has 1 aromatic rings. The van der Waals surface area contributed by atoms with Crippen LogP contribution in [0.25, 0.3) is 0 Å². The molecular formula is C17H21N3O4. The number of nitrogens with one attached hydrogen (secondary N) is 2. The molecule has 1 atom stereocenters. The normalized spacial score (nSPS) is 15.8. The highest BCUT2D eigenvalue weighted by atomic mass is 16.6. The van der Waals surface area contributed by atoms with Gasteiger partial charge in [0.1, 0.15) is 13.2 Å². The second kappa shape index (κ2) is 9.36. The first-order valence-electron chi connectivity index (χ1n) is 7.61. The van der Waals surface area contributed by atoms with Crippen LogP contribution in [0.4, 0.5) is 9.59 Å². The van der Waals surface area contributed by atoms with Crippen molar-refractivity contribution in [2.45, 2.75) is 12.6 Å². The Bertz CT molecular complexity index is 589. The number of hydrogen-bond acceptors (Lipinski definition) is 5. The molecule has 0 aliphatic carbocycles. The Hall–Kier alpha value is -2.80. The topological polar surface area (TPSA) is 79.9 Å². The van der Waals surface area contributed by atoms with Crippen LogP contribution in [0.15, 0.2) is 55.1 Å². The van der Waals surface area contributed by atoms with Gasteiger partial charge >= 0.3 is 12.2 Å². The molecule has 0 fully saturated rings. The molecule has 0 spiro atoms. The summed E-state index contributed by atoms with van der Waals surface area (Å²) in [5, 5.41) is 0. The van der Waals surface area contributed by atoms with Crippen molar-refractivity contribution in [2.75, 3.05) is 19.7 Å². The van der Waals surface area contributed by atoms with E-state index in [2.05, 4.69) is 17.4 Å². The van der Waals surface area contributed by atoms with Gasteiger partial charge in [-0.15, -0.1) is 0 Å². The third-order valence-corrected chi connectivity index (χ3v) is 3.33. The molecule has 1 unspecified atom stereocenters. The average molecular weight is 331 g/mol. The summed E-state index contributed by atoms with van der Waals surface area (Å²) in [7, 11) is 0. The van der Waals surface area contributed by atoms with Crippen molar-refractivity contribution < 1.29 is 19.1 Å². The maximum absolute atomic E-state index is 12.2. The van der Waals surface area contributed by atoms with Crippen molar-refractivity contribution in [3.05, 3.63) is 60.7 Å². The minimum atomic E-state index is -0.602. The lowest BCUT2D eigenvalue weighted by atomic mass is 10.2. The highest BCUT2D eigenvalue weighted by molar-refractivity contribution is 5.69. The van der Waals surface area contributed by atoms with Gasteiger partial charge in [-0.1, -0.05) is 55.1 Å². The van der Waals surface area contributed by atoms with Crippen LogP contribution in [0.3, 0.4) is 0 Å². The van der Waals surface area contributed by atoms with E-state index < -0.39 is 12.2 Å². The van der Waals surface area contributed by atoms with Gasteiger partial charge in [0.2, 0.25) is 0 Å². The van der Waals surface area contributed by atoms with Crippen molar-refractivity contribution in [3.8, 4) is 0 Å². The first kappa shape index (κ1) is 17.6. The molecule has 0 saturated carbocycles. The zero-order valence-corrected chi connectivity index (χ0v) is 13.3. The zero-order chi connectivity index (χ0) is 17.2. The summed E-state index contributed by atoms with van der Waals surface area (Å²) in [5.74, 6) is 0. The third kappa shape index (κ3) is 5.44. The quantitative estimate of drug-likeness (QED) is 0.590. The van der Waals surface area contributed by atoms with Crippen molar-refractivity contribution >= 4 is 12.2 Å². The Labute approximate surface area is 140 Å². The molecule has 1 aromatic carbocycles. The van der Waals surface area contributed by atoms with E-state index in [1.807, 2.05) is 42.5 Å². The molecule has 24 heavy (non-hydrogen) atoms. The van der Waals surface area contributed by atoms with Gasteiger partial charge in [0.05, 0.1) is 6.04 Å². The Morgan fingerprint density at radius 2 is 2.08 bits per heavy atom. The molecular weight excluding hydrogens is 310 g/mol. The number of ether oxygens (including phenoxy) is 2. The monoisotopic (exact) mass is 331 g/mol. The Morgan fingerprint density at radius 3 is 2.83 bits per heavy atom. The van der Waals surface area contributed by atoms with Crippen LogP contribution < -0.4 is 10.9 Å². The highest BCUT2D eigenvalue weighted by Crippen LogP contribution is 2.12. The molecule has 1 aliphatic heterocycles. The Balaban J connectivity index is 1.73. The van der Waals surface area contributed by atoms with Crippen molar-refractivity contribution in [3.63, 3.8) is 0 Å². The second-order valence-corrected chi connectivity index (χ2v) is 5.08. The lowest BCUT2D eigenvalue weighted by Gasteiger charge is -2.24. The molecule has 7 heteroatoms. The predicted molar refractivity (Wildman–Crippen MR) is 88.9 cm³/mol. The number of rotatable bonds is 7. The molecule has 1 aliphatic rings. The molecule has 128 valence electrons. The first-order chi connectivity index (χ1) is 11.7. The van der Waals surface area contributed by atoms with Crippen LogP contribution in [0.5, 0.6) is 0 Å². The highest BCUT2D eigenvalue weighted by Gasteiger charge is 2.25. The van der Waals surface area contributed by atoms with E-state index in [0.29, 0.717) is 13.1 Å². The van der Waals surface area contributed by atoms with E-state index in [4.69, 9.17) is 9.47 Å². The largest absolute Gasteiger partial charge is 0.445 e. The van der Waals surface area contributed by atoms with Gasteiger partial charge in [0.15, 0.2) is 0 Å². The molecule has 7 nitrogen and oxygen atoms in total. The van der Waals surface area contributed by atoms with Crippen LogP contribution in [0.1, 0.15) is 5.56 Å². The van der Waals surface area contributed by atoms with Gasteiger partial charge in [-0.3, -0.25) is 10.3 Å². The summed E-state index contributed by atoms with van der Waals surface area (Å²) >= 11 is 0. The van der Waals surface area contributed by atoms with Crippen molar-refractivity contribution in [1.29, 1.82) is 0 Å². The number of hydrogen-bond donors (Lipinski definition) is 2. The number of carbonyl (C=O) groups excluding carboxylic acids is 2. The van der Waals surface area contributed by atoms with Crippen LogP contribution in [0, 0.1) is 0 Å². The molecule has 2 N–H and O–H groups in total. The van der Waals surface area contributed by atoms with Crippen molar-refractivity contribution in [2.24, 2.45) is 0 Å². The SMILES string of the molecule is C=CCOC(=O)NNCC1C=CCN1C(=O)OCc1ccccc1. The van der Waals surface area contributed by atoms with Gasteiger partial charge in [0.25, 0.3) is 0 Å². The van der Waals surface area contributed by atoms with E-state index in [1.54, 1.807) is 4.90 Å². The van der Waals surface area contributed by atoms with E-state index in [1.165, 1.54) is 6.08 Å². The number of carbonyl (C=O) groups is 2. The summed E-state index contributed by atoms with van der Waals surface area (Å²) in [6.45, 7) is 4.63. The number of benzene rings is 1. The van der Waals surface area contributed by atoms with E-state index >= 15 is 0 Å². The molecule has 0 bridgehead atoms. The Kier molecular flexibility index (Phi) is 6.85. The summed E-state index contributed by atoms with van der Waals surface area (Å²) in [6, 6.07) is 9.29.